The summed E-state index contributed by atoms with van der Waals surface area (Å²) in [5.41, 5.74) is 1.36. The van der Waals surface area contributed by atoms with Crippen molar-refractivity contribution in [1.82, 2.24) is 9.97 Å². The molecule has 2 rings (SSSR count). The van der Waals surface area contributed by atoms with Gasteiger partial charge in [-0.05, 0) is 24.6 Å². The van der Waals surface area contributed by atoms with Gasteiger partial charge in [-0.1, -0.05) is 6.92 Å². The number of anilines is 1. The van der Waals surface area contributed by atoms with Crippen LogP contribution in [0.2, 0.25) is 0 Å². The Kier molecular flexibility index (Phi) is 2.93. The highest BCUT2D eigenvalue weighted by Crippen LogP contribution is 2.15. The average molecular weight is 255 g/mol. The number of imidazole rings is 1. The first-order valence-electron chi connectivity index (χ1n) is 5.23. The van der Waals surface area contributed by atoms with E-state index in [1.807, 2.05) is 0 Å². The Morgan fingerprint density at radius 1 is 1.24 bits per heavy atom. The lowest BCUT2D eigenvalue weighted by atomic mass is 10.3. The fourth-order valence-electron chi connectivity index (χ4n) is 1.60. The molecule has 3 N–H and O–H groups in total. The molecule has 0 unspecified atom stereocenters. The number of benzene rings is 1. The lowest BCUT2D eigenvalue weighted by Gasteiger charge is -2.06. The van der Waals surface area contributed by atoms with E-state index in [2.05, 4.69) is 14.7 Å². The molecule has 6 nitrogen and oxygen atoms in total. The molecule has 0 fully saturated rings. The third-order valence-electron chi connectivity index (χ3n) is 2.26. The molecule has 0 amide bonds. The molecule has 1 heterocycles. The fourth-order valence-corrected chi connectivity index (χ4v) is 2.72. The molecule has 1 aromatic heterocycles. The predicted molar refractivity (Wildman–Crippen MR) is 66.6 cm³/mol. The predicted octanol–water partition coefficient (Wildman–Crippen LogP) is 1.01. The van der Waals surface area contributed by atoms with Crippen LogP contribution in [0.1, 0.15) is 13.3 Å². The summed E-state index contributed by atoms with van der Waals surface area (Å²) in [6.07, 6.45) is 0.554. The fraction of sp³-hybridized carbons (Fsp3) is 0.300. The zero-order valence-electron chi connectivity index (χ0n) is 9.28. The van der Waals surface area contributed by atoms with Crippen LogP contribution in [-0.2, 0) is 10.0 Å². The summed E-state index contributed by atoms with van der Waals surface area (Å²) >= 11 is 0. The van der Waals surface area contributed by atoms with Gasteiger partial charge in [0.2, 0.25) is 10.0 Å². The van der Waals surface area contributed by atoms with Crippen molar-refractivity contribution in [3.05, 3.63) is 28.7 Å². The van der Waals surface area contributed by atoms with Crippen LogP contribution in [0.25, 0.3) is 11.0 Å². The second-order valence-corrected chi connectivity index (χ2v) is 5.60. The molecule has 17 heavy (non-hydrogen) atoms. The van der Waals surface area contributed by atoms with E-state index in [1.54, 1.807) is 25.1 Å². The van der Waals surface area contributed by atoms with Crippen LogP contribution in [0.15, 0.2) is 23.0 Å². The van der Waals surface area contributed by atoms with Crippen LogP contribution in [0.3, 0.4) is 0 Å². The monoisotopic (exact) mass is 255 g/mol. The van der Waals surface area contributed by atoms with Crippen molar-refractivity contribution in [2.45, 2.75) is 13.3 Å². The minimum absolute atomic E-state index is 0.0781. The Labute approximate surface area is 98.1 Å². The largest absolute Gasteiger partial charge is 0.323 e. The van der Waals surface area contributed by atoms with E-state index in [1.165, 1.54) is 0 Å². The minimum atomic E-state index is -3.30. The van der Waals surface area contributed by atoms with Crippen LogP contribution < -0.4 is 10.4 Å². The van der Waals surface area contributed by atoms with E-state index in [-0.39, 0.29) is 11.4 Å². The van der Waals surface area contributed by atoms with Gasteiger partial charge < -0.3 is 9.97 Å². The molecule has 0 aliphatic rings. The molecular weight excluding hydrogens is 242 g/mol. The third-order valence-corrected chi connectivity index (χ3v) is 3.75. The van der Waals surface area contributed by atoms with Crippen molar-refractivity contribution < 1.29 is 8.42 Å². The number of hydrogen-bond donors (Lipinski definition) is 3. The van der Waals surface area contributed by atoms with Gasteiger partial charge in [0.25, 0.3) is 0 Å². The minimum Gasteiger partial charge on any atom is -0.306 e. The van der Waals surface area contributed by atoms with Gasteiger partial charge in [-0.2, -0.15) is 0 Å². The van der Waals surface area contributed by atoms with E-state index >= 15 is 0 Å². The smallest absolute Gasteiger partial charge is 0.306 e. The van der Waals surface area contributed by atoms with Crippen LogP contribution in [-0.4, -0.2) is 24.1 Å². The van der Waals surface area contributed by atoms with Gasteiger partial charge in [0, 0.05) is 0 Å². The third kappa shape index (κ3) is 2.68. The highest BCUT2D eigenvalue weighted by molar-refractivity contribution is 7.92. The second-order valence-electron chi connectivity index (χ2n) is 3.76. The standard InChI is InChI=1S/C10H13N3O3S/c1-2-5-17(15,16)13-7-3-4-8-9(6-7)12-10(14)11-8/h3-4,6,13H,2,5H2,1H3,(H2,11,12,14). The van der Waals surface area contributed by atoms with Gasteiger partial charge in [-0.15, -0.1) is 0 Å². The van der Waals surface area contributed by atoms with E-state index in [4.69, 9.17) is 0 Å². The number of nitrogens with one attached hydrogen (secondary N) is 3. The molecule has 0 saturated heterocycles. The Bertz CT molecular complexity index is 684. The maximum Gasteiger partial charge on any atom is 0.323 e. The summed E-state index contributed by atoms with van der Waals surface area (Å²) in [5, 5.41) is 0. The Balaban J connectivity index is 2.34. The summed E-state index contributed by atoms with van der Waals surface area (Å²) < 4.78 is 25.6. The lowest BCUT2D eigenvalue weighted by molar-refractivity contribution is 0.600. The summed E-state index contributed by atoms with van der Waals surface area (Å²) in [6.45, 7) is 1.80. The van der Waals surface area contributed by atoms with Crippen molar-refractivity contribution in [2.75, 3.05) is 10.5 Å². The Hall–Kier alpha value is -1.76. The van der Waals surface area contributed by atoms with Crippen molar-refractivity contribution in [1.29, 1.82) is 0 Å². The molecule has 92 valence electrons. The van der Waals surface area contributed by atoms with Crippen LogP contribution in [0, 0.1) is 0 Å². The molecule has 2 aromatic rings. The average Bonchev–Trinajstić information content (AvgIpc) is 2.56. The zero-order valence-corrected chi connectivity index (χ0v) is 10.1. The van der Waals surface area contributed by atoms with Gasteiger partial charge in [0.15, 0.2) is 0 Å². The molecule has 0 aliphatic heterocycles. The summed E-state index contributed by atoms with van der Waals surface area (Å²) in [7, 11) is -3.30. The first-order valence-corrected chi connectivity index (χ1v) is 6.88. The van der Waals surface area contributed by atoms with E-state index in [9.17, 15) is 13.2 Å². The van der Waals surface area contributed by atoms with E-state index in [0.717, 1.165) is 0 Å². The van der Waals surface area contributed by atoms with Crippen LogP contribution in [0.5, 0.6) is 0 Å². The van der Waals surface area contributed by atoms with Gasteiger partial charge in [-0.25, -0.2) is 13.2 Å². The summed E-state index contributed by atoms with van der Waals surface area (Å²) in [5.74, 6) is 0.0781. The van der Waals surface area contributed by atoms with Crippen LogP contribution in [0.4, 0.5) is 5.69 Å². The molecule has 0 radical (unpaired) electrons. The van der Waals surface area contributed by atoms with Gasteiger partial charge in [0.05, 0.1) is 22.5 Å². The second kappa shape index (κ2) is 4.25. The number of hydrogen-bond acceptors (Lipinski definition) is 3. The number of H-pyrrole nitrogens is 2. The van der Waals surface area contributed by atoms with Gasteiger partial charge in [-0.3, -0.25) is 4.72 Å². The molecule has 1 aromatic carbocycles. The maximum absolute atomic E-state index is 11.6. The number of rotatable bonds is 4. The van der Waals surface area contributed by atoms with Crippen molar-refractivity contribution >= 4 is 26.7 Å². The van der Waals surface area contributed by atoms with Crippen molar-refractivity contribution in [3.8, 4) is 0 Å². The first-order chi connectivity index (χ1) is 8.00. The molecule has 0 bridgehead atoms. The number of aromatic nitrogens is 2. The molecule has 0 aliphatic carbocycles. The molecule has 0 atom stereocenters. The topological polar surface area (TPSA) is 94.8 Å². The first kappa shape index (κ1) is 11.7. The lowest BCUT2D eigenvalue weighted by Crippen LogP contribution is -2.15. The highest BCUT2D eigenvalue weighted by Gasteiger charge is 2.09. The Morgan fingerprint density at radius 2 is 1.94 bits per heavy atom. The normalized spacial score (nSPS) is 11.8. The molecule has 0 spiro atoms. The summed E-state index contributed by atoms with van der Waals surface area (Å²) in [4.78, 5) is 16.2. The highest BCUT2D eigenvalue weighted by atomic mass is 32.2. The molecular formula is C10H13N3O3S. The van der Waals surface area contributed by atoms with E-state index in [0.29, 0.717) is 23.1 Å². The quantitative estimate of drug-likeness (QED) is 0.760. The molecule has 0 saturated carbocycles. The summed E-state index contributed by atoms with van der Waals surface area (Å²) in [6, 6.07) is 4.84. The van der Waals surface area contributed by atoms with Crippen LogP contribution >= 0.6 is 0 Å². The number of aromatic amines is 2. The molecule has 7 heteroatoms. The Morgan fingerprint density at radius 3 is 2.65 bits per heavy atom. The van der Waals surface area contributed by atoms with Gasteiger partial charge >= 0.3 is 5.69 Å². The van der Waals surface area contributed by atoms with Crippen molar-refractivity contribution in [2.24, 2.45) is 0 Å². The van der Waals surface area contributed by atoms with Gasteiger partial charge in [0.1, 0.15) is 0 Å². The number of sulfonamides is 1. The maximum atomic E-state index is 11.6. The van der Waals surface area contributed by atoms with E-state index < -0.39 is 10.0 Å². The SMILES string of the molecule is CCCS(=O)(=O)Nc1ccc2[nH]c(=O)[nH]c2c1. The van der Waals surface area contributed by atoms with Crippen molar-refractivity contribution in [3.63, 3.8) is 0 Å². The zero-order chi connectivity index (χ0) is 12.5. The number of fused-ring (bicyclic) bond motifs is 1.